The molecule has 1 aromatic heterocycles. The van der Waals surface area contributed by atoms with Crippen LogP contribution in [0.1, 0.15) is 39.2 Å². The van der Waals surface area contributed by atoms with E-state index in [4.69, 9.17) is 11.6 Å². The third-order valence-corrected chi connectivity index (χ3v) is 4.22. The fourth-order valence-corrected chi connectivity index (χ4v) is 2.95. The molecule has 0 bridgehead atoms. The molecule has 1 aliphatic rings. The Labute approximate surface area is 115 Å². The summed E-state index contributed by atoms with van der Waals surface area (Å²) in [5, 5.41) is 0.595. The van der Waals surface area contributed by atoms with Gasteiger partial charge in [-0.1, -0.05) is 32.4 Å². The van der Waals surface area contributed by atoms with Gasteiger partial charge in [-0.05, 0) is 55.0 Å². The molecule has 1 saturated heterocycles. The fourth-order valence-electron chi connectivity index (χ4n) is 2.76. The van der Waals surface area contributed by atoms with E-state index in [9.17, 15) is 0 Å². The van der Waals surface area contributed by atoms with Crippen LogP contribution in [0, 0.1) is 11.3 Å². The second-order valence-electron chi connectivity index (χ2n) is 6.40. The maximum Gasteiger partial charge on any atom is 0.129 e. The minimum atomic E-state index is 0.450. The molecule has 0 unspecified atom stereocenters. The normalized spacial score (nSPS) is 19.1. The summed E-state index contributed by atoms with van der Waals surface area (Å²) < 4.78 is 0. The second-order valence-corrected chi connectivity index (χ2v) is 6.79. The molecule has 0 spiro atoms. The molecule has 1 aliphatic heterocycles. The van der Waals surface area contributed by atoms with Crippen molar-refractivity contribution >= 4 is 11.6 Å². The van der Waals surface area contributed by atoms with Crippen LogP contribution in [0.25, 0.3) is 0 Å². The molecule has 0 saturated carbocycles. The molecule has 0 amide bonds. The topological polar surface area (TPSA) is 16.1 Å². The average Bonchev–Trinajstić information content (AvgIpc) is 2.28. The van der Waals surface area contributed by atoms with Crippen molar-refractivity contribution in [3.8, 4) is 0 Å². The zero-order chi connectivity index (χ0) is 13.2. The third kappa shape index (κ3) is 3.69. The maximum atomic E-state index is 5.92. The Balaban J connectivity index is 1.87. The first kappa shape index (κ1) is 13.8. The number of pyridine rings is 1. The summed E-state index contributed by atoms with van der Waals surface area (Å²) in [4.78, 5) is 6.55. The number of halogens is 1. The Morgan fingerprint density at radius 3 is 2.56 bits per heavy atom. The van der Waals surface area contributed by atoms with Crippen molar-refractivity contribution in [3.63, 3.8) is 0 Å². The van der Waals surface area contributed by atoms with E-state index in [1.807, 2.05) is 6.07 Å². The van der Waals surface area contributed by atoms with Gasteiger partial charge in [-0.25, -0.2) is 4.98 Å². The van der Waals surface area contributed by atoms with Gasteiger partial charge in [-0.2, -0.15) is 0 Å². The van der Waals surface area contributed by atoms with Crippen molar-refractivity contribution < 1.29 is 0 Å². The van der Waals surface area contributed by atoms with Crippen LogP contribution in [0.15, 0.2) is 18.3 Å². The Morgan fingerprint density at radius 2 is 2.00 bits per heavy atom. The van der Waals surface area contributed by atoms with Gasteiger partial charge in [0.15, 0.2) is 0 Å². The zero-order valence-corrected chi connectivity index (χ0v) is 12.4. The van der Waals surface area contributed by atoms with Crippen molar-refractivity contribution in [1.29, 1.82) is 0 Å². The molecule has 0 radical (unpaired) electrons. The van der Waals surface area contributed by atoms with Crippen LogP contribution in [0.3, 0.4) is 0 Å². The van der Waals surface area contributed by atoms with Crippen molar-refractivity contribution in [2.24, 2.45) is 11.3 Å². The number of rotatable bonds is 2. The summed E-state index contributed by atoms with van der Waals surface area (Å²) in [7, 11) is 0. The molecule has 100 valence electrons. The Kier molecular flexibility index (Phi) is 4.29. The maximum absolute atomic E-state index is 5.92. The lowest BCUT2D eigenvalue weighted by atomic mass is 9.75. The van der Waals surface area contributed by atoms with Crippen LogP contribution in [-0.4, -0.2) is 23.0 Å². The first-order valence-corrected chi connectivity index (χ1v) is 7.16. The van der Waals surface area contributed by atoms with E-state index in [1.54, 1.807) is 6.20 Å². The minimum absolute atomic E-state index is 0.450. The molecule has 2 rings (SSSR count). The minimum Gasteiger partial charge on any atom is -0.299 e. The molecule has 0 aliphatic carbocycles. The number of piperidine rings is 1. The summed E-state index contributed by atoms with van der Waals surface area (Å²) >= 11 is 5.92. The van der Waals surface area contributed by atoms with Crippen LogP contribution in [-0.2, 0) is 6.54 Å². The average molecular weight is 267 g/mol. The van der Waals surface area contributed by atoms with E-state index in [2.05, 4.69) is 36.7 Å². The van der Waals surface area contributed by atoms with E-state index in [0.717, 1.165) is 12.5 Å². The molecule has 0 aromatic carbocycles. The Morgan fingerprint density at radius 1 is 1.33 bits per heavy atom. The van der Waals surface area contributed by atoms with E-state index in [0.29, 0.717) is 10.6 Å². The summed E-state index contributed by atoms with van der Waals surface area (Å²) in [6.45, 7) is 10.5. The van der Waals surface area contributed by atoms with Crippen LogP contribution in [0.2, 0.25) is 5.15 Å². The van der Waals surface area contributed by atoms with Gasteiger partial charge >= 0.3 is 0 Å². The lowest BCUT2D eigenvalue weighted by Gasteiger charge is -2.38. The van der Waals surface area contributed by atoms with Crippen molar-refractivity contribution in [2.75, 3.05) is 13.1 Å². The standard InChI is InChI=1S/C15H23ClN2/c1-15(2,3)13-5-8-18(9-6-13)11-12-4-7-17-14(16)10-12/h4,7,10,13H,5-6,8-9,11H2,1-3H3. The fraction of sp³-hybridized carbons (Fsp3) is 0.667. The second kappa shape index (κ2) is 5.58. The highest BCUT2D eigenvalue weighted by Gasteiger charge is 2.28. The molecular formula is C15H23ClN2. The summed E-state index contributed by atoms with van der Waals surface area (Å²) in [6.07, 6.45) is 4.41. The van der Waals surface area contributed by atoms with Gasteiger partial charge in [0.25, 0.3) is 0 Å². The first-order chi connectivity index (χ1) is 8.45. The molecule has 18 heavy (non-hydrogen) atoms. The Hall–Kier alpha value is -0.600. The molecule has 2 heterocycles. The highest BCUT2D eigenvalue weighted by atomic mass is 35.5. The zero-order valence-electron chi connectivity index (χ0n) is 11.6. The van der Waals surface area contributed by atoms with Gasteiger partial charge in [-0.15, -0.1) is 0 Å². The van der Waals surface area contributed by atoms with Crippen LogP contribution in [0.4, 0.5) is 0 Å². The molecule has 1 aromatic rings. The van der Waals surface area contributed by atoms with Gasteiger partial charge in [0.1, 0.15) is 5.15 Å². The lowest BCUT2D eigenvalue weighted by molar-refractivity contribution is 0.108. The van der Waals surface area contributed by atoms with Gasteiger partial charge < -0.3 is 0 Å². The molecule has 2 nitrogen and oxygen atoms in total. The van der Waals surface area contributed by atoms with Gasteiger partial charge in [0.05, 0.1) is 0 Å². The summed E-state index contributed by atoms with van der Waals surface area (Å²) in [6, 6.07) is 4.03. The summed E-state index contributed by atoms with van der Waals surface area (Å²) in [5.41, 5.74) is 1.72. The van der Waals surface area contributed by atoms with Crippen LogP contribution >= 0.6 is 11.6 Å². The predicted molar refractivity (Wildman–Crippen MR) is 76.7 cm³/mol. The molecular weight excluding hydrogens is 244 g/mol. The van der Waals surface area contributed by atoms with E-state index in [1.165, 1.54) is 31.5 Å². The molecule has 0 N–H and O–H groups in total. The molecule has 0 atom stereocenters. The number of aromatic nitrogens is 1. The van der Waals surface area contributed by atoms with Gasteiger partial charge in [0.2, 0.25) is 0 Å². The number of hydrogen-bond acceptors (Lipinski definition) is 2. The van der Waals surface area contributed by atoms with Crippen molar-refractivity contribution in [3.05, 3.63) is 29.0 Å². The number of likely N-dealkylation sites (tertiary alicyclic amines) is 1. The Bertz CT molecular complexity index is 390. The smallest absolute Gasteiger partial charge is 0.129 e. The monoisotopic (exact) mass is 266 g/mol. The largest absolute Gasteiger partial charge is 0.299 e. The van der Waals surface area contributed by atoms with E-state index in [-0.39, 0.29) is 0 Å². The summed E-state index contributed by atoms with van der Waals surface area (Å²) in [5.74, 6) is 0.856. The van der Waals surface area contributed by atoms with Gasteiger partial charge in [-0.3, -0.25) is 4.90 Å². The van der Waals surface area contributed by atoms with Crippen LogP contribution in [0.5, 0.6) is 0 Å². The number of hydrogen-bond donors (Lipinski definition) is 0. The predicted octanol–water partition coefficient (Wildman–Crippen LogP) is 3.99. The SMILES string of the molecule is CC(C)(C)C1CCN(Cc2ccnc(Cl)c2)CC1. The van der Waals surface area contributed by atoms with Crippen molar-refractivity contribution in [1.82, 2.24) is 9.88 Å². The van der Waals surface area contributed by atoms with Gasteiger partial charge in [0, 0.05) is 12.7 Å². The van der Waals surface area contributed by atoms with Crippen molar-refractivity contribution in [2.45, 2.75) is 40.2 Å². The van der Waals surface area contributed by atoms with E-state index < -0.39 is 0 Å². The van der Waals surface area contributed by atoms with E-state index >= 15 is 0 Å². The lowest BCUT2D eigenvalue weighted by Crippen LogP contribution is -2.37. The number of nitrogens with zero attached hydrogens (tertiary/aromatic N) is 2. The third-order valence-electron chi connectivity index (χ3n) is 4.01. The first-order valence-electron chi connectivity index (χ1n) is 6.78. The highest BCUT2D eigenvalue weighted by Crippen LogP contribution is 2.34. The van der Waals surface area contributed by atoms with Crippen LogP contribution < -0.4 is 0 Å². The highest BCUT2D eigenvalue weighted by molar-refractivity contribution is 6.29. The molecule has 3 heteroatoms. The quantitative estimate of drug-likeness (QED) is 0.753. The molecule has 1 fully saturated rings.